The zero-order valence-electron chi connectivity index (χ0n) is 22.5. The van der Waals surface area contributed by atoms with E-state index in [1.807, 2.05) is 12.1 Å². The van der Waals surface area contributed by atoms with E-state index in [0.29, 0.717) is 22.8 Å². The molecule has 14 heteroatoms. The molecule has 0 radical (unpaired) electrons. The van der Waals surface area contributed by atoms with Gasteiger partial charge >= 0.3 is 12.0 Å². The topological polar surface area (TPSA) is 156 Å². The van der Waals surface area contributed by atoms with Gasteiger partial charge in [-0.3, -0.25) is 29.4 Å². The van der Waals surface area contributed by atoms with E-state index >= 15 is 0 Å². The van der Waals surface area contributed by atoms with Gasteiger partial charge in [0.15, 0.2) is 5.78 Å². The van der Waals surface area contributed by atoms with Crippen LogP contribution in [0.3, 0.4) is 0 Å². The van der Waals surface area contributed by atoms with Gasteiger partial charge in [0.2, 0.25) is 11.8 Å². The molecule has 2 aliphatic rings. The summed E-state index contributed by atoms with van der Waals surface area (Å²) >= 11 is 7.39. The highest BCUT2D eigenvalue weighted by molar-refractivity contribution is 7.99. The van der Waals surface area contributed by atoms with E-state index in [9.17, 15) is 33.9 Å². The molecule has 2 saturated heterocycles. The number of ketones is 1. The van der Waals surface area contributed by atoms with E-state index in [0.717, 1.165) is 15.6 Å². The third kappa shape index (κ3) is 7.59. The van der Waals surface area contributed by atoms with Gasteiger partial charge in [-0.2, -0.15) is 0 Å². The molecule has 0 bridgehead atoms. The molecule has 2 atom stereocenters. The molecule has 12 nitrogen and oxygen atoms in total. The summed E-state index contributed by atoms with van der Waals surface area (Å²) in [7, 11) is 0. The fraction of sp³-hybridized carbons (Fsp3) is 0.357. The molecule has 0 saturated carbocycles. The molecule has 2 aliphatic heterocycles. The van der Waals surface area contributed by atoms with E-state index in [2.05, 4.69) is 10.7 Å². The summed E-state index contributed by atoms with van der Waals surface area (Å²) in [5.74, 6) is -3.22. The van der Waals surface area contributed by atoms with E-state index in [1.54, 1.807) is 42.5 Å². The average molecular weight is 616 g/mol. The molecule has 0 spiro atoms. The van der Waals surface area contributed by atoms with Gasteiger partial charge in [-0.15, -0.1) is 11.8 Å². The van der Waals surface area contributed by atoms with Gasteiger partial charge in [-0.25, -0.2) is 19.8 Å². The first-order chi connectivity index (χ1) is 20.2. The monoisotopic (exact) mass is 615 g/mol. The lowest BCUT2D eigenvalue weighted by Crippen LogP contribution is -2.65. The molecule has 0 aliphatic carbocycles. The van der Waals surface area contributed by atoms with Crippen molar-refractivity contribution in [1.29, 1.82) is 0 Å². The molecule has 3 N–H and O–H groups in total. The number of hydrogen-bond donors (Lipinski definition) is 3. The Morgan fingerprint density at radius 3 is 2.45 bits per heavy atom. The van der Waals surface area contributed by atoms with Crippen LogP contribution in [-0.4, -0.2) is 86.6 Å². The zero-order valence-corrected chi connectivity index (χ0v) is 24.1. The molecular formula is C28H30ClN5O7S. The molecule has 2 heterocycles. The van der Waals surface area contributed by atoms with Gasteiger partial charge in [-0.1, -0.05) is 48.0 Å². The Morgan fingerprint density at radius 1 is 1.02 bits per heavy atom. The van der Waals surface area contributed by atoms with Gasteiger partial charge in [-0.05, 0) is 36.6 Å². The zero-order chi connectivity index (χ0) is 30.2. The summed E-state index contributed by atoms with van der Waals surface area (Å²) in [5, 5.41) is 15.6. The van der Waals surface area contributed by atoms with E-state index in [4.69, 9.17) is 11.6 Å². The summed E-state index contributed by atoms with van der Waals surface area (Å²) in [6.07, 6.45) is -0.180. The number of fused-ring (bicyclic) bond motifs is 1. The smallest absolute Gasteiger partial charge is 0.358 e. The van der Waals surface area contributed by atoms with Crippen LogP contribution in [0.2, 0.25) is 5.02 Å². The molecule has 222 valence electrons. The van der Waals surface area contributed by atoms with Gasteiger partial charge in [0, 0.05) is 29.3 Å². The quantitative estimate of drug-likeness (QED) is 0.348. The summed E-state index contributed by atoms with van der Waals surface area (Å²) < 4.78 is 0. The first-order valence-corrected chi connectivity index (χ1v) is 14.8. The van der Waals surface area contributed by atoms with Crippen molar-refractivity contribution in [2.24, 2.45) is 0 Å². The van der Waals surface area contributed by atoms with Crippen LogP contribution in [0.4, 0.5) is 4.79 Å². The van der Waals surface area contributed by atoms with Crippen LogP contribution >= 0.6 is 23.4 Å². The van der Waals surface area contributed by atoms with Gasteiger partial charge < -0.3 is 10.4 Å². The Labute approximate surface area is 251 Å². The molecule has 42 heavy (non-hydrogen) atoms. The van der Waals surface area contributed by atoms with Crippen molar-refractivity contribution in [3.05, 3.63) is 70.7 Å². The molecule has 5 amide bonds. The standard InChI is InChI=1S/C28H30ClN5O7S/c29-20-10-5-4-9-19(20)16-42-17-23(35)21(15-25(37)38)30-27(40)22-11-6-13-33-24(36)12-14-32(28(41)34(22)33)31-26(39)18-7-2-1-3-8-18/h1-5,7-10,21-22H,6,11-17H2,(H,30,40)(H,31,39)(H,37,38)/t21-,22-/m0/s1. The predicted octanol–water partition coefficient (Wildman–Crippen LogP) is 2.48. The Kier molecular flexibility index (Phi) is 10.4. The SMILES string of the molecule is O=C(O)C[C@H](NC(=O)[C@@H]1CCCN2C(=O)CCN(NC(=O)c3ccccc3)C(=O)N12)C(=O)CSCc1ccccc1Cl. The van der Waals surface area contributed by atoms with Crippen molar-refractivity contribution >= 4 is 58.9 Å². The number of hydrogen-bond acceptors (Lipinski definition) is 7. The van der Waals surface area contributed by atoms with Gasteiger partial charge in [0.25, 0.3) is 5.91 Å². The minimum absolute atomic E-state index is 0.0827. The number of carbonyl (C=O) groups is 6. The second-order valence-electron chi connectivity index (χ2n) is 9.72. The highest BCUT2D eigenvalue weighted by Gasteiger charge is 2.44. The number of Topliss-reactive ketones (excluding diaryl/α,β-unsaturated/α-hetero) is 1. The lowest BCUT2D eigenvalue weighted by Gasteiger charge is -2.43. The van der Waals surface area contributed by atoms with Crippen LogP contribution in [0.1, 0.15) is 41.6 Å². The van der Waals surface area contributed by atoms with E-state index in [1.165, 1.54) is 16.8 Å². The summed E-state index contributed by atoms with van der Waals surface area (Å²) in [4.78, 5) is 77.3. The van der Waals surface area contributed by atoms with Crippen LogP contribution in [0, 0.1) is 0 Å². The minimum atomic E-state index is -1.35. The third-order valence-electron chi connectivity index (χ3n) is 6.79. The van der Waals surface area contributed by atoms with Crippen LogP contribution in [0.5, 0.6) is 0 Å². The number of rotatable bonds is 11. The molecule has 0 unspecified atom stereocenters. The number of amides is 5. The van der Waals surface area contributed by atoms with Crippen molar-refractivity contribution in [1.82, 2.24) is 25.8 Å². The van der Waals surface area contributed by atoms with E-state index in [-0.39, 0.29) is 31.7 Å². The van der Waals surface area contributed by atoms with Gasteiger partial charge in [0.1, 0.15) is 6.04 Å². The van der Waals surface area contributed by atoms with Crippen LogP contribution in [-0.2, 0) is 24.9 Å². The van der Waals surface area contributed by atoms with Crippen molar-refractivity contribution in [3.63, 3.8) is 0 Å². The van der Waals surface area contributed by atoms with Crippen LogP contribution in [0.15, 0.2) is 54.6 Å². The third-order valence-corrected chi connectivity index (χ3v) is 8.16. The highest BCUT2D eigenvalue weighted by Crippen LogP contribution is 2.25. The number of urea groups is 1. The van der Waals surface area contributed by atoms with Crippen molar-refractivity contribution < 1.29 is 33.9 Å². The number of aliphatic carboxylic acids is 1. The number of carboxylic acids is 1. The maximum atomic E-state index is 13.6. The number of halogens is 1. The second kappa shape index (κ2) is 14.2. The summed E-state index contributed by atoms with van der Waals surface area (Å²) in [6.45, 7) is 0.0748. The highest BCUT2D eigenvalue weighted by atomic mass is 35.5. The minimum Gasteiger partial charge on any atom is -0.481 e. The second-order valence-corrected chi connectivity index (χ2v) is 11.1. The number of nitrogens with one attached hydrogen (secondary N) is 2. The first-order valence-electron chi connectivity index (χ1n) is 13.3. The molecule has 0 aromatic heterocycles. The van der Waals surface area contributed by atoms with Crippen molar-refractivity contribution in [2.75, 3.05) is 18.8 Å². The lowest BCUT2D eigenvalue weighted by molar-refractivity contribution is -0.155. The molecule has 2 fully saturated rings. The Balaban J connectivity index is 1.46. The maximum Gasteiger partial charge on any atom is 0.358 e. The van der Waals surface area contributed by atoms with Crippen molar-refractivity contribution in [3.8, 4) is 0 Å². The summed E-state index contributed by atoms with van der Waals surface area (Å²) in [6, 6.07) is 12.0. The Hall–Kier alpha value is -4.10. The number of hydrazine groups is 2. The average Bonchev–Trinajstić information content (AvgIpc) is 3.10. The number of nitrogens with zero attached hydrogens (tertiary/aromatic N) is 3. The molecule has 4 rings (SSSR count). The number of benzene rings is 2. The maximum absolute atomic E-state index is 13.6. The Morgan fingerprint density at radius 2 is 1.74 bits per heavy atom. The molecule has 2 aromatic carbocycles. The van der Waals surface area contributed by atoms with Gasteiger partial charge in [0.05, 0.1) is 24.8 Å². The Bertz CT molecular complexity index is 1360. The lowest BCUT2D eigenvalue weighted by atomic mass is 10.0. The largest absolute Gasteiger partial charge is 0.481 e. The molecular weight excluding hydrogens is 586 g/mol. The fourth-order valence-electron chi connectivity index (χ4n) is 4.66. The van der Waals surface area contributed by atoms with E-state index < -0.39 is 54.0 Å². The summed E-state index contributed by atoms with van der Waals surface area (Å²) in [5.41, 5.74) is 3.62. The number of thioether (sulfide) groups is 1. The first kappa shape index (κ1) is 30.8. The normalized spacial score (nSPS) is 17.6. The number of carboxylic acid groups (broad SMARTS) is 1. The number of carbonyl (C=O) groups excluding carboxylic acids is 5. The fourth-order valence-corrected chi connectivity index (χ4v) is 5.92. The van der Waals surface area contributed by atoms with Crippen LogP contribution in [0.25, 0.3) is 0 Å². The van der Waals surface area contributed by atoms with Crippen LogP contribution < -0.4 is 10.7 Å². The van der Waals surface area contributed by atoms with Crippen molar-refractivity contribution in [2.45, 2.75) is 43.5 Å². The molecule has 2 aromatic rings. The predicted molar refractivity (Wildman–Crippen MR) is 154 cm³/mol.